The Morgan fingerprint density at radius 2 is 1.65 bits per heavy atom. The van der Waals surface area contributed by atoms with Gasteiger partial charge in [0.1, 0.15) is 11.7 Å². The van der Waals surface area contributed by atoms with Crippen LogP contribution in [0.2, 0.25) is 0 Å². The molecule has 5 nitrogen and oxygen atoms in total. The lowest BCUT2D eigenvalue weighted by atomic mass is 9.43. The van der Waals surface area contributed by atoms with Crippen LogP contribution in [0.4, 0.5) is 0 Å². The second-order valence-corrected chi connectivity index (χ2v) is 10.0. The SMILES string of the molecule is CC(=O)[C@@]1(O)CC[C@H]2[C@@H]3C(=O)[C@@H](O)[C@H]4C[C@H](O)CC[C@]4(C)[C@H]3CC[C@@]21C. The van der Waals surface area contributed by atoms with Crippen LogP contribution in [-0.2, 0) is 9.59 Å². The first-order chi connectivity index (χ1) is 12.1. The van der Waals surface area contributed by atoms with Crippen molar-refractivity contribution in [2.75, 3.05) is 0 Å². The molecule has 3 N–H and O–H groups in total. The second kappa shape index (κ2) is 5.62. The van der Waals surface area contributed by atoms with E-state index in [4.69, 9.17) is 0 Å². The minimum absolute atomic E-state index is 0.0538. The second-order valence-electron chi connectivity index (χ2n) is 10.0. The molecule has 0 aromatic carbocycles. The Hall–Kier alpha value is -0.780. The summed E-state index contributed by atoms with van der Waals surface area (Å²) in [6.45, 7) is 5.61. The van der Waals surface area contributed by atoms with Gasteiger partial charge >= 0.3 is 0 Å². The van der Waals surface area contributed by atoms with Crippen LogP contribution in [0.15, 0.2) is 0 Å². The molecule has 9 atom stereocenters. The van der Waals surface area contributed by atoms with E-state index in [1.54, 1.807) is 0 Å². The van der Waals surface area contributed by atoms with Gasteiger partial charge in [0.05, 0.1) is 6.10 Å². The lowest BCUT2D eigenvalue weighted by molar-refractivity contribution is -0.193. The number of hydrogen-bond acceptors (Lipinski definition) is 5. The molecule has 4 saturated carbocycles. The Bertz CT molecular complexity index is 646. The predicted octanol–water partition coefficient (Wildman–Crippen LogP) is 1.86. The molecule has 0 bridgehead atoms. The topological polar surface area (TPSA) is 94.8 Å². The van der Waals surface area contributed by atoms with E-state index >= 15 is 0 Å². The first-order valence-corrected chi connectivity index (χ1v) is 10.2. The molecule has 0 amide bonds. The summed E-state index contributed by atoms with van der Waals surface area (Å²) >= 11 is 0. The van der Waals surface area contributed by atoms with Gasteiger partial charge in [0.25, 0.3) is 0 Å². The Morgan fingerprint density at radius 1 is 1.00 bits per heavy atom. The van der Waals surface area contributed by atoms with Gasteiger partial charge in [-0.15, -0.1) is 0 Å². The van der Waals surface area contributed by atoms with E-state index in [0.717, 1.165) is 25.7 Å². The molecular weight excluding hydrogens is 332 g/mol. The van der Waals surface area contributed by atoms with Gasteiger partial charge in [-0.3, -0.25) is 9.59 Å². The first-order valence-electron chi connectivity index (χ1n) is 10.2. The Kier molecular flexibility index (Phi) is 4.01. The van der Waals surface area contributed by atoms with Crippen molar-refractivity contribution in [3.05, 3.63) is 0 Å². The summed E-state index contributed by atoms with van der Waals surface area (Å²) in [4.78, 5) is 25.5. The molecule has 0 spiro atoms. The van der Waals surface area contributed by atoms with Crippen LogP contribution < -0.4 is 0 Å². The highest BCUT2D eigenvalue weighted by molar-refractivity contribution is 5.89. The average molecular weight is 364 g/mol. The molecule has 0 unspecified atom stereocenters. The van der Waals surface area contributed by atoms with Gasteiger partial charge < -0.3 is 15.3 Å². The number of carbonyl (C=O) groups excluding carboxylic acids is 2. The van der Waals surface area contributed by atoms with Crippen LogP contribution in [0.5, 0.6) is 0 Å². The van der Waals surface area contributed by atoms with Crippen LogP contribution in [0, 0.1) is 34.5 Å². The van der Waals surface area contributed by atoms with Crippen molar-refractivity contribution in [2.24, 2.45) is 34.5 Å². The maximum absolute atomic E-state index is 13.2. The molecule has 4 rings (SSSR count). The molecule has 0 aliphatic heterocycles. The fourth-order valence-corrected chi connectivity index (χ4v) is 7.56. The molecule has 0 heterocycles. The van der Waals surface area contributed by atoms with E-state index in [0.29, 0.717) is 19.3 Å². The van der Waals surface area contributed by atoms with Crippen molar-refractivity contribution in [3.63, 3.8) is 0 Å². The van der Waals surface area contributed by atoms with E-state index in [1.165, 1.54) is 6.92 Å². The van der Waals surface area contributed by atoms with Gasteiger partial charge in [-0.05, 0) is 69.1 Å². The zero-order valence-electron chi connectivity index (χ0n) is 16.1. The smallest absolute Gasteiger partial charge is 0.165 e. The summed E-state index contributed by atoms with van der Waals surface area (Å²) in [5, 5.41) is 32.1. The number of hydrogen-bond donors (Lipinski definition) is 3. The minimum atomic E-state index is -1.35. The molecule has 4 aliphatic rings. The quantitative estimate of drug-likeness (QED) is 0.660. The van der Waals surface area contributed by atoms with E-state index < -0.39 is 23.2 Å². The zero-order valence-corrected chi connectivity index (χ0v) is 16.1. The van der Waals surface area contributed by atoms with Crippen LogP contribution in [0.3, 0.4) is 0 Å². The van der Waals surface area contributed by atoms with Gasteiger partial charge in [0.2, 0.25) is 0 Å². The zero-order chi connectivity index (χ0) is 19.1. The molecular formula is C21H32O5. The number of fused-ring (bicyclic) bond motifs is 5. The molecule has 26 heavy (non-hydrogen) atoms. The lowest BCUT2D eigenvalue weighted by Gasteiger charge is -2.61. The number of ketones is 2. The van der Waals surface area contributed by atoms with Gasteiger partial charge in [-0.1, -0.05) is 13.8 Å². The summed E-state index contributed by atoms with van der Waals surface area (Å²) in [5.74, 6) is -0.666. The van der Waals surface area contributed by atoms with Crippen molar-refractivity contribution in [1.82, 2.24) is 0 Å². The van der Waals surface area contributed by atoms with Gasteiger partial charge in [-0.2, -0.15) is 0 Å². The summed E-state index contributed by atoms with van der Waals surface area (Å²) in [6, 6.07) is 0. The number of Topliss-reactive ketones (excluding diaryl/α,β-unsaturated/α-hetero) is 2. The van der Waals surface area contributed by atoms with Crippen molar-refractivity contribution < 1.29 is 24.9 Å². The predicted molar refractivity (Wildman–Crippen MR) is 95.1 cm³/mol. The number of aliphatic hydroxyl groups excluding tert-OH is 2. The Labute approximate surface area is 155 Å². The molecule has 0 aromatic heterocycles. The molecule has 0 radical (unpaired) electrons. The maximum atomic E-state index is 13.2. The standard InChI is InChI=1S/C21H32O5/c1-11(22)21(26)9-6-14-16-13(5-8-20(14,21)3)19(2)7-4-12(23)10-15(19)17(24)18(16)25/h12-17,23-24,26H,4-10H2,1-3H3/t12-,13+,14+,15-,16-,17+,19-,20+,21+/m1/s1. The highest BCUT2D eigenvalue weighted by atomic mass is 16.3. The molecule has 5 heteroatoms. The molecule has 146 valence electrons. The Balaban J connectivity index is 1.74. The summed E-state index contributed by atoms with van der Waals surface area (Å²) < 4.78 is 0. The number of carbonyl (C=O) groups is 2. The summed E-state index contributed by atoms with van der Waals surface area (Å²) in [7, 11) is 0. The highest BCUT2D eigenvalue weighted by Crippen LogP contribution is 2.67. The molecule has 4 aliphatic carbocycles. The monoisotopic (exact) mass is 364 g/mol. The Morgan fingerprint density at radius 3 is 2.31 bits per heavy atom. The third kappa shape index (κ3) is 2.08. The largest absolute Gasteiger partial charge is 0.393 e. The van der Waals surface area contributed by atoms with E-state index in [1.807, 2.05) is 6.92 Å². The molecule has 0 aromatic rings. The average Bonchev–Trinajstić information content (AvgIpc) is 2.87. The number of rotatable bonds is 1. The van der Waals surface area contributed by atoms with Crippen LogP contribution in [0.1, 0.15) is 65.7 Å². The third-order valence-corrected chi connectivity index (χ3v) is 9.24. The van der Waals surface area contributed by atoms with Crippen molar-refractivity contribution >= 4 is 11.6 Å². The number of aliphatic hydroxyl groups is 3. The van der Waals surface area contributed by atoms with E-state index in [2.05, 4.69) is 6.92 Å². The van der Waals surface area contributed by atoms with Crippen LogP contribution in [-0.4, -0.2) is 44.7 Å². The first kappa shape index (κ1) is 18.6. The van der Waals surface area contributed by atoms with Crippen LogP contribution in [0.25, 0.3) is 0 Å². The summed E-state index contributed by atoms with van der Waals surface area (Å²) in [5.41, 5.74) is -2.10. The van der Waals surface area contributed by atoms with Crippen molar-refractivity contribution in [2.45, 2.75) is 83.5 Å². The van der Waals surface area contributed by atoms with Crippen molar-refractivity contribution in [3.8, 4) is 0 Å². The minimum Gasteiger partial charge on any atom is -0.393 e. The maximum Gasteiger partial charge on any atom is 0.165 e. The molecule has 4 fully saturated rings. The van der Waals surface area contributed by atoms with Crippen LogP contribution >= 0.6 is 0 Å². The fraction of sp³-hybridized carbons (Fsp3) is 0.905. The van der Waals surface area contributed by atoms with E-state index in [-0.39, 0.29) is 40.7 Å². The fourth-order valence-electron chi connectivity index (χ4n) is 7.56. The third-order valence-electron chi connectivity index (χ3n) is 9.24. The van der Waals surface area contributed by atoms with Gasteiger partial charge in [0.15, 0.2) is 11.6 Å². The molecule has 0 saturated heterocycles. The van der Waals surface area contributed by atoms with Gasteiger partial charge in [0, 0.05) is 17.3 Å². The summed E-state index contributed by atoms with van der Waals surface area (Å²) in [6.07, 6.45) is 3.18. The van der Waals surface area contributed by atoms with Crippen molar-refractivity contribution in [1.29, 1.82) is 0 Å². The van der Waals surface area contributed by atoms with E-state index in [9.17, 15) is 24.9 Å². The van der Waals surface area contributed by atoms with Gasteiger partial charge in [-0.25, -0.2) is 0 Å². The normalized spacial score (nSPS) is 56.5. The lowest BCUT2D eigenvalue weighted by Crippen LogP contribution is -2.64. The highest BCUT2D eigenvalue weighted by Gasteiger charge is 2.69.